The first-order valence-electron chi connectivity index (χ1n) is 6.01. The summed E-state index contributed by atoms with van der Waals surface area (Å²) in [4.78, 5) is 2.32. The van der Waals surface area contributed by atoms with Gasteiger partial charge in [0.15, 0.2) is 0 Å². The summed E-state index contributed by atoms with van der Waals surface area (Å²) < 4.78 is 5.65. The van der Waals surface area contributed by atoms with E-state index in [1.54, 1.807) is 0 Å². The van der Waals surface area contributed by atoms with Crippen LogP contribution in [0.3, 0.4) is 0 Å². The van der Waals surface area contributed by atoms with Crippen LogP contribution in [0.2, 0.25) is 0 Å². The summed E-state index contributed by atoms with van der Waals surface area (Å²) >= 11 is 0. The van der Waals surface area contributed by atoms with Crippen LogP contribution in [-0.4, -0.2) is 31.6 Å². The molecule has 92 valence electrons. The molecular weight excluding hydrogens is 214 g/mol. The molecule has 0 saturated carbocycles. The van der Waals surface area contributed by atoms with E-state index in [4.69, 9.17) is 15.9 Å². The molecule has 0 aliphatic carbocycles. The highest BCUT2D eigenvalue weighted by molar-refractivity contribution is 5.95. The van der Waals surface area contributed by atoms with Gasteiger partial charge >= 0.3 is 0 Å². The number of benzene rings is 1. The Kier molecular flexibility index (Phi) is 3.64. The molecule has 17 heavy (non-hydrogen) atoms. The SMILES string of the molecule is CCC1CN(c2ccc(C(=N)N)cc2)CCO1. The number of nitrogen functional groups attached to an aromatic ring is 1. The van der Waals surface area contributed by atoms with Crippen molar-refractivity contribution in [3.63, 3.8) is 0 Å². The highest BCUT2D eigenvalue weighted by Crippen LogP contribution is 2.19. The smallest absolute Gasteiger partial charge is 0.122 e. The van der Waals surface area contributed by atoms with Gasteiger partial charge in [0, 0.05) is 24.3 Å². The Bertz CT molecular complexity index is 388. The molecule has 0 bridgehead atoms. The predicted octanol–water partition coefficient (Wildman–Crippen LogP) is 1.59. The molecular formula is C13H19N3O. The van der Waals surface area contributed by atoms with Crippen molar-refractivity contribution in [1.82, 2.24) is 0 Å². The lowest BCUT2D eigenvalue weighted by molar-refractivity contribution is 0.0384. The van der Waals surface area contributed by atoms with Crippen LogP contribution in [0.5, 0.6) is 0 Å². The van der Waals surface area contributed by atoms with Crippen molar-refractivity contribution < 1.29 is 4.74 Å². The van der Waals surface area contributed by atoms with Crippen LogP contribution in [-0.2, 0) is 4.74 Å². The maximum absolute atomic E-state index is 7.36. The number of nitrogens with zero attached hydrogens (tertiary/aromatic N) is 1. The third-order valence-corrected chi connectivity index (χ3v) is 3.14. The first-order chi connectivity index (χ1) is 8.20. The summed E-state index contributed by atoms with van der Waals surface area (Å²) in [6.07, 6.45) is 1.37. The summed E-state index contributed by atoms with van der Waals surface area (Å²) in [5.74, 6) is 0.116. The number of anilines is 1. The normalized spacial score (nSPS) is 20.3. The lowest BCUT2D eigenvalue weighted by Gasteiger charge is -2.34. The summed E-state index contributed by atoms with van der Waals surface area (Å²) in [7, 11) is 0. The zero-order valence-electron chi connectivity index (χ0n) is 10.1. The van der Waals surface area contributed by atoms with Gasteiger partial charge in [0.25, 0.3) is 0 Å². The zero-order chi connectivity index (χ0) is 12.3. The minimum atomic E-state index is 0.116. The van der Waals surface area contributed by atoms with Gasteiger partial charge < -0.3 is 15.4 Å². The van der Waals surface area contributed by atoms with E-state index < -0.39 is 0 Å². The van der Waals surface area contributed by atoms with Gasteiger partial charge in [0.2, 0.25) is 0 Å². The fourth-order valence-corrected chi connectivity index (χ4v) is 2.05. The largest absolute Gasteiger partial charge is 0.384 e. The molecule has 4 nitrogen and oxygen atoms in total. The van der Waals surface area contributed by atoms with Crippen LogP contribution in [0.15, 0.2) is 24.3 Å². The average molecular weight is 233 g/mol. The maximum atomic E-state index is 7.36. The van der Waals surface area contributed by atoms with E-state index in [0.717, 1.165) is 31.7 Å². The quantitative estimate of drug-likeness (QED) is 0.615. The number of morpholine rings is 1. The minimum absolute atomic E-state index is 0.116. The summed E-state index contributed by atoms with van der Waals surface area (Å²) in [5, 5.41) is 7.36. The third-order valence-electron chi connectivity index (χ3n) is 3.14. The average Bonchev–Trinajstić information content (AvgIpc) is 2.39. The molecule has 0 radical (unpaired) electrons. The van der Waals surface area contributed by atoms with E-state index in [-0.39, 0.29) is 5.84 Å². The van der Waals surface area contributed by atoms with Crippen molar-refractivity contribution in [1.29, 1.82) is 5.41 Å². The van der Waals surface area contributed by atoms with Gasteiger partial charge in [-0.25, -0.2) is 0 Å². The van der Waals surface area contributed by atoms with Crippen LogP contribution in [0.1, 0.15) is 18.9 Å². The van der Waals surface area contributed by atoms with Crippen molar-refractivity contribution in [3.05, 3.63) is 29.8 Å². The lowest BCUT2D eigenvalue weighted by Crippen LogP contribution is -2.42. The van der Waals surface area contributed by atoms with Crippen molar-refractivity contribution >= 4 is 11.5 Å². The molecule has 1 unspecified atom stereocenters. The molecule has 2 rings (SSSR count). The Balaban J connectivity index is 2.08. The van der Waals surface area contributed by atoms with Gasteiger partial charge in [-0.15, -0.1) is 0 Å². The molecule has 3 N–H and O–H groups in total. The first kappa shape index (κ1) is 11.9. The highest BCUT2D eigenvalue weighted by Gasteiger charge is 2.18. The van der Waals surface area contributed by atoms with Gasteiger partial charge in [-0.3, -0.25) is 5.41 Å². The van der Waals surface area contributed by atoms with Crippen molar-refractivity contribution in [2.75, 3.05) is 24.6 Å². The number of hydrogen-bond acceptors (Lipinski definition) is 3. The van der Waals surface area contributed by atoms with Gasteiger partial charge in [-0.1, -0.05) is 6.92 Å². The fourth-order valence-electron chi connectivity index (χ4n) is 2.05. The van der Waals surface area contributed by atoms with Gasteiger partial charge in [0.1, 0.15) is 5.84 Å². The topological polar surface area (TPSA) is 62.3 Å². The van der Waals surface area contributed by atoms with E-state index in [2.05, 4.69) is 11.8 Å². The number of ether oxygens (including phenoxy) is 1. The van der Waals surface area contributed by atoms with E-state index in [9.17, 15) is 0 Å². The monoisotopic (exact) mass is 233 g/mol. The molecule has 1 fully saturated rings. The van der Waals surface area contributed by atoms with Crippen LogP contribution < -0.4 is 10.6 Å². The number of nitrogens with two attached hydrogens (primary N) is 1. The lowest BCUT2D eigenvalue weighted by atomic mass is 10.1. The van der Waals surface area contributed by atoms with Gasteiger partial charge in [0.05, 0.1) is 12.7 Å². The molecule has 1 aliphatic rings. The molecule has 1 aromatic carbocycles. The van der Waals surface area contributed by atoms with E-state index >= 15 is 0 Å². The Labute approximate surface area is 102 Å². The Morgan fingerprint density at radius 3 is 2.76 bits per heavy atom. The predicted molar refractivity (Wildman–Crippen MR) is 69.7 cm³/mol. The van der Waals surface area contributed by atoms with E-state index in [0.29, 0.717) is 6.10 Å². The maximum Gasteiger partial charge on any atom is 0.122 e. The molecule has 1 aromatic rings. The number of rotatable bonds is 3. The number of hydrogen-bond donors (Lipinski definition) is 2. The van der Waals surface area contributed by atoms with E-state index in [1.807, 2.05) is 24.3 Å². The zero-order valence-corrected chi connectivity index (χ0v) is 10.1. The van der Waals surface area contributed by atoms with Crippen molar-refractivity contribution in [2.24, 2.45) is 5.73 Å². The van der Waals surface area contributed by atoms with Crippen molar-refractivity contribution in [3.8, 4) is 0 Å². The molecule has 0 aromatic heterocycles. The molecule has 4 heteroatoms. The first-order valence-corrected chi connectivity index (χ1v) is 6.01. The summed E-state index contributed by atoms with van der Waals surface area (Å²) in [6, 6.07) is 7.84. The third kappa shape index (κ3) is 2.77. The molecule has 1 saturated heterocycles. The molecule has 0 spiro atoms. The van der Waals surface area contributed by atoms with Crippen molar-refractivity contribution in [2.45, 2.75) is 19.4 Å². The standard InChI is InChI=1S/C13H19N3O/c1-2-12-9-16(7-8-17-12)11-5-3-10(4-6-11)13(14)15/h3-6,12H,2,7-9H2,1H3,(H3,14,15). The molecule has 1 atom stereocenters. The van der Waals surface area contributed by atoms with E-state index in [1.165, 1.54) is 5.69 Å². The molecule has 1 aliphatic heterocycles. The second kappa shape index (κ2) is 5.19. The van der Waals surface area contributed by atoms with Crippen LogP contribution in [0.25, 0.3) is 0 Å². The minimum Gasteiger partial charge on any atom is -0.384 e. The van der Waals surface area contributed by atoms with Gasteiger partial charge in [-0.05, 0) is 30.7 Å². The fraction of sp³-hybridized carbons (Fsp3) is 0.462. The number of nitrogens with one attached hydrogen (secondary N) is 1. The molecule has 0 amide bonds. The number of amidine groups is 1. The Morgan fingerprint density at radius 1 is 1.47 bits per heavy atom. The second-order valence-corrected chi connectivity index (χ2v) is 4.31. The Morgan fingerprint density at radius 2 is 2.18 bits per heavy atom. The second-order valence-electron chi connectivity index (χ2n) is 4.31. The van der Waals surface area contributed by atoms with Crippen LogP contribution in [0, 0.1) is 5.41 Å². The molecule has 1 heterocycles. The highest BCUT2D eigenvalue weighted by atomic mass is 16.5. The Hall–Kier alpha value is -1.55. The van der Waals surface area contributed by atoms with Crippen LogP contribution >= 0.6 is 0 Å². The van der Waals surface area contributed by atoms with Gasteiger partial charge in [-0.2, -0.15) is 0 Å². The summed E-state index contributed by atoms with van der Waals surface area (Å²) in [5.41, 5.74) is 7.39. The summed E-state index contributed by atoms with van der Waals surface area (Å²) in [6.45, 7) is 4.80. The van der Waals surface area contributed by atoms with Crippen LogP contribution in [0.4, 0.5) is 5.69 Å².